The van der Waals surface area contributed by atoms with Gasteiger partial charge in [-0.3, -0.25) is 10.1 Å². The zero-order valence-corrected chi connectivity index (χ0v) is 11.4. The molecular formula is C14H18F2N2O2. The Bertz CT molecular complexity index is 482. The molecule has 1 saturated heterocycles. The highest BCUT2D eigenvalue weighted by Crippen LogP contribution is 2.24. The molecule has 1 atom stereocenters. The fourth-order valence-corrected chi connectivity index (χ4v) is 2.26. The lowest BCUT2D eigenvalue weighted by atomic mass is 10.1. The predicted molar refractivity (Wildman–Crippen MR) is 69.9 cm³/mol. The Labute approximate surface area is 116 Å². The highest BCUT2D eigenvalue weighted by molar-refractivity contribution is 5.80. The summed E-state index contributed by atoms with van der Waals surface area (Å²) in [5.74, 6) is -1.84. The van der Waals surface area contributed by atoms with Crippen LogP contribution in [0.15, 0.2) is 18.2 Å². The quantitative estimate of drug-likeness (QED) is 0.810. The molecule has 1 heterocycles. The number of nitrogens with one attached hydrogen (secondary N) is 1. The van der Waals surface area contributed by atoms with E-state index in [1.807, 2.05) is 6.92 Å². The Kier molecular flexibility index (Phi) is 5.03. The van der Waals surface area contributed by atoms with Crippen LogP contribution in [-0.2, 0) is 9.53 Å². The maximum absolute atomic E-state index is 13.3. The Morgan fingerprint density at radius 2 is 2.20 bits per heavy atom. The van der Waals surface area contributed by atoms with Crippen molar-refractivity contribution in [3.8, 4) is 0 Å². The van der Waals surface area contributed by atoms with Crippen LogP contribution in [0.25, 0.3) is 0 Å². The van der Waals surface area contributed by atoms with Crippen LogP contribution in [0.2, 0.25) is 0 Å². The van der Waals surface area contributed by atoms with Gasteiger partial charge in [-0.1, -0.05) is 6.07 Å². The third-order valence-electron chi connectivity index (χ3n) is 3.23. The van der Waals surface area contributed by atoms with Crippen molar-refractivity contribution in [1.82, 2.24) is 10.2 Å². The second-order valence-corrected chi connectivity index (χ2v) is 4.59. The molecule has 0 aliphatic carbocycles. The summed E-state index contributed by atoms with van der Waals surface area (Å²) in [6, 6.07) is 3.69. The molecule has 1 aliphatic rings. The maximum Gasteiger partial charge on any atom is 0.238 e. The number of halogens is 2. The summed E-state index contributed by atoms with van der Waals surface area (Å²) in [6.07, 6.45) is 0.306. The number of hydrogen-bond acceptors (Lipinski definition) is 3. The maximum atomic E-state index is 13.3. The molecule has 0 radical (unpaired) electrons. The molecule has 1 aromatic rings. The molecule has 0 aromatic heterocycles. The highest BCUT2D eigenvalue weighted by atomic mass is 19.2. The predicted octanol–water partition coefficient (Wildman–Crippen LogP) is 1.82. The molecular weight excluding hydrogens is 266 g/mol. The lowest BCUT2D eigenvalue weighted by molar-refractivity contribution is -0.128. The van der Waals surface area contributed by atoms with E-state index in [1.165, 1.54) is 6.07 Å². The molecule has 0 saturated carbocycles. The van der Waals surface area contributed by atoms with Crippen LogP contribution in [0.5, 0.6) is 0 Å². The van der Waals surface area contributed by atoms with Gasteiger partial charge in [-0.15, -0.1) is 0 Å². The van der Waals surface area contributed by atoms with E-state index in [0.29, 0.717) is 31.7 Å². The van der Waals surface area contributed by atoms with E-state index < -0.39 is 17.8 Å². The van der Waals surface area contributed by atoms with E-state index in [-0.39, 0.29) is 12.5 Å². The van der Waals surface area contributed by atoms with Crippen molar-refractivity contribution in [2.24, 2.45) is 0 Å². The summed E-state index contributed by atoms with van der Waals surface area (Å²) in [7, 11) is 0. The number of rotatable bonds is 6. The third-order valence-corrected chi connectivity index (χ3v) is 3.23. The minimum atomic E-state index is -0.905. The Balaban J connectivity index is 2.05. The average Bonchev–Trinajstić information content (AvgIpc) is 2.79. The number of carbonyl (C=O) groups is 1. The second kappa shape index (κ2) is 6.76. The normalized spacial score (nSPS) is 18.9. The molecule has 20 heavy (non-hydrogen) atoms. The van der Waals surface area contributed by atoms with Crippen molar-refractivity contribution in [2.45, 2.75) is 19.5 Å². The number of ether oxygens (including phenoxy) is 1. The molecule has 2 rings (SSSR count). The number of carbonyl (C=O) groups excluding carboxylic acids is 1. The van der Waals surface area contributed by atoms with Gasteiger partial charge in [-0.05, 0) is 31.0 Å². The summed E-state index contributed by atoms with van der Waals surface area (Å²) in [5.41, 5.74) is 0.547. The van der Waals surface area contributed by atoms with E-state index in [0.717, 1.165) is 12.1 Å². The van der Waals surface area contributed by atoms with Crippen LogP contribution in [0.4, 0.5) is 8.78 Å². The average molecular weight is 284 g/mol. The Morgan fingerprint density at radius 3 is 2.90 bits per heavy atom. The van der Waals surface area contributed by atoms with Gasteiger partial charge in [0.15, 0.2) is 11.6 Å². The van der Waals surface area contributed by atoms with Crippen molar-refractivity contribution >= 4 is 5.91 Å². The fraction of sp³-hybridized carbons (Fsp3) is 0.500. The standard InChI is InChI=1S/C14H18F2N2O2/c1-2-20-7-3-6-18-13(19)9-17-14(18)10-4-5-11(15)12(16)8-10/h4-5,8,14,17H,2-3,6-7,9H2,1H3. The first kappa shape index (κ1) is 14.9. The van der Waals surface area contributed by atoms with Gasteiger partial charge in [0, 0.05) is 19.8 Å². The second-order valence-electron chi connectivity index (χ2n) is 4.59. The molecule has 0 spiro atoms. The Hall–Kier alpha value is -1.53. The zero-order valence-electron chi connectivity index (χ0n) is 11.4. The summed E-state index contributed by atoms with van der Waals surface area (Å²) in [4.78, 5) is 13.5. The van der Waals surface area contributed by atoms with Crippen LogP contribution in [0.3, 0.4) is 0 Å². The SMILES string of the molecule is CCOCCCN1C(=O)CNC1c1ccc(F)c(F)c1. The van der Waals surface area contributed by atoms with E-state index in [9.17, 15) is 13.6 Å². The number of benzene rings is 1. The first-order chi connectivity index (χ1) is 9.63. The van der Waals surface area contributed by atoms with Crippen LogP contribution in [0, 0.1) is 11.6 Å². The van der Waals surface area contributed by atoms with Crippen molar-refractivity contribution in [3.63, 3.8) is 0 Å². The van der Waals surface area contributed by atoms with E-state index >= 15 is 0 Å². The number of hydrogen-bond donors (Lipinski definition) is 1. The van der Waals surface area contributed by atoms with E-state index in [2.05, 4.69) is 5.32 Å². The van der Waals surface area contributed by atoms with E-state index in [1.54, 1.807) is 4.90 Å². The van der Waals surface area contributed by atoms with Crippen LogP contribution in [0.1, 0.15) is 25.1 Å². The topological polar surface area (TPSA) is 41.6 Å². The zero-order chi connectivity index (χ0) is 14.5. The summed E-state index contributed by atoms with van der Waals surface area (Å²) < 4.78 is 31.5. The molecule has 1 aromatic carbocycles. The molecule has 1 fully saturated rings. The van der Waals surface area contributed by atoms with Gasteiger partial charge < -0.3 is 9.64 Å². The molecule has 1 N–H and O–H groups in total. The summed E-state index contributed by atoms with van der Waals surface area (Å²) in [6.45, 7) is 3.85. The van der Waals surface area contributed by atoms with Crippen molar-refractivity contribution < 1.29 is 18.3 Å². The first-order valence-corrected chi connectivity index (χ1v) is 6.69. The van der Waals surface area contributed by atoms with Crippen molar-refractivity contribution in [3.05, 3.63) is 35.4 Å². The van der Waals surface area contributed by atoms with Gasteiger partial charge in [0.05, 0.1) is 6.54 Å². The number of amides is 1. The number of nitrogens with zero attached hydrogens (tertiary/aromatic N) is 1. The molecule has 6 heteroatoms. The minimum absolute atomic E-state index is 0.0452. The summed E-state index contributed by atoms with van der Waals surface area (Å²) in [5, 5.41) is 3.01. The minimum Gasteiger partial charge on any atom is -0.382 e. The van der Waals surface area contributed by atoms with Gasteiger partial charge in [0.2, 0.25) is 5.91 Å². The molecule has 0 bridgehead atoms. The summed E-state index contributed by atoms with van der Waals surface area (Å²) >= 11 is 0. The van der Waals surface area contributed by atoms with Gasteiger partial charge in [-0.25, -0.2) is 8.78 Å². The van der Waals surface area contributed by atoms with Crippen molar-refractivity contribution in [1.29, 1.82) is 0 Å². The Morgan fingerprint density at radius 1 is 1.40 bits per heavy atom. The fourth-order valence-electron chi connectivity index (χ4n) is 2.26. The molecule has 4 nitrogen and oxygen atoms in total. The van der Waals surface area contributed by atoms with E-state index in [4.69, 9.17) is 4.74 Å². The lowest BCUT2D eigenvalue weighted by Gasteiger charge is -2.24. The monoisotopic (exact) mass is 284 g/mol. The lowest BCUT2D eigenvalue weighted by Crippen LogP contribution is -2.31. The molecule has 1 aliphatic heterocycles. The van der Waals surface area contributed by atoms with Gasteiger partial charge in [0.1, 0.15) is 6.17 Å². The third kappa shape index (κ3) is 3.32. The largest absolute Gasteiger partial charge is 0.382 e. The van der Waals surface area contributed by atoms with Gasteiger partial charge in [0.25, 0.3) is 0 Å². The van der Waals surface area contributed by atoms with Crippen LogP contribution < -0.4 is 5.32 Å². The van der Waals surface area contributed by atoms with Crippen LogP contribution >= 0.6 is 0 Å². The molecule has 1 unspecified atom stereocenters. The smallest absolute Gasteiger partial charge is 0.238 e. The molecule has 110 valence electrons. The van der Waals surface area contributed by atoms with Gasteiger partial charge in [-0.2, -0.15) is 0 Å². The van der Waals surface area contributed by atoms with Crippen molar-refractivity contribution in [2.75, 3.05) is 26.3 Å². The first-order valence-electron chi connectivity index (χ1n) is 6.69. The van der Waals surface area contributed by atoms with Gasteiger partial charge >= 0.3 is 0 Å². The van der Waals surface area contributed by atoms with Crippen LogP contribution in [-0.4, -0.2) is 37.1 Å². The molecule has 1 amide bonds. The highest BCUT2D eigenvalue weighted by Gasteiger charge is 2.31.